The van der Waals surface area contributed by atoms with Crippen LogP contribution in [0.4, 0.5) is 4.39 Å². The number of carbonyl (C=O) groups excluding carboxylic acids is 2. The summed E-state index contributed by atoms with van der Waals surface area (Å²) in [6.07, 6.45) is 0.681. The van der Waals surface area contributed by atoms with Gasteiger partial charge >= 0.3 is 5.97 Å². The minimum absolute atomic E-state index is 0.267. The van der Waals surface area contributed by atoms with Crippen molar-refractivity contribution in [1.82, 2.24) is 4.57 Å². The Bertz CT molecular complexity index is 1090. The van der Waals surface area contributed by atoms with Crippen molar-refractivity contribution in [1.29, 1.82) is 0 Å². The van der Waals surface area contributed by atoms with Crippen LogP contribution in [0.3, 0.4) is 0 Å². The summed E-state index contributed by atoms with van der Waals surface area (Å²) in [7, 11) is 0. The first-order chi connectivity index (χ1) is 13.8. The molecule has 0 bridgehead atoms. The first-order valence-corrected chi connectivity index (χ1v) is 9.64. The fourth-order valence-electron chi connectivity index (χ4n) is 3.42. The number of nitrogens with zero attached hydrogens (tertiary/aromatic N) is 1. The second-order valence-electron chi connectivity index (χ2n) is 6.86. The van der Waals surface area contributed by atoms with Crippen molar-refractivity contribution in [2.75, 3.05) is 6.61 Å². The first-order valence-electron chi connectivity index (χ1n) is 9.26. The topological polar surface area (TPSA) is 68.5 Å². The number of aromatic nitrogens is 1. The summed E-state index contributed by atoms with van der Waals surface area (Å²) in [6.45, 7) is 5.52. The molecule has 3 aromatic rings. The van der Waals surface area contributed by atoms with Crippen LogP contribution in [0.1, 0.15) is 47.8 Å². The van der Waals surface area contributed by atoms with Gasteiger partial charge in [0.15, 0.2) is 11.6 Å². The number of fused-ring (bicyclic) bond motifs is 1. The SMILES string of the molecule is CCCOC(=O)[C@@H](C)c1c(C)n(C(=O)c2ccc(Cl)cc2)c2cc(F)c(O)cc12. The zero-order chi connectivity index (χ0) is 21.3. The molecule has 0 saturated carbocycles. The minimum Gasteiger partial charge on any atom is -0.505 e. The summed E-state index contributed by atoms with van der Waals surface area (Å²) in [5.41, 5.74) is 1.61. The Morgan fingerprint density at radius 2 is 1.90 bits per heavy atom. The van der Waals surface area contributed by atoms with Crippen LogP contribution >= 0.6 is 11.6 Å². The van der Waals surface area contributed by atoms with E-state index < -0.39 is 29.4 Å². The van der Waals surface area contributed by atoms with Crippen molar-refractivity contribution in [3.05, 3.63) is 64.1 Å². The molecule has 0 aliphatic rings. The highest BCUT2D eigenvalue weighted by atomic mass is 35.5. The molecule has 0 radical (unpaired) electrons. The van der Waals surface area contributed by atoms with Crippen LogP contribution in [0.25, 0.3) is 10.9 Å². The zero-order valence-corrected chi connectivity index (χ0v) is 17.1. The monoisotopic (exact) mass is 417 g/mol. The average Bonchev–Trinajstić information content (AvgIpc) is 2.96. The summed E-state index contributed by atoms with van der Waals surface area (Å²) in [5.74, 6) is -2.95. The fraction of sp³-hybridized carbons (Fsp3) is 0.273. The van der Waals surface area contributed by atoms with E-state index in [1.54, 1.807) is 38.1 Å². The van der Waals surface area contributed by atoms with E-state index in [4.69, 9.17) is 16.3 Å². The van der Waals surface area contributed by atoms with E-state index in [-0.39, 0.29) is 12.1 Å². The average molecular weight is 418 g/mol. The third kappa shape index (κ3) is 3.85. The highest BCUT2D eigenvalue weighted by Gasteiger charge is 2.28. The lowest BCUT2D eigenvalue weighted by Gasteiger charge is -2.13. The van der Waals surface area contributed by atoms with Gasteiger partial charge in [-0.15, -0.1) is 0 Å². The second kappa shape index (κ2) is 8.25. The molecule has 0 aliphatic carbocycles. The number of esters is 1. The third-order valence-electron chi connectivity index (χ3n) is 4.85. The van der Waals surface area contributed by atoms with E-state index in [0.29, 0.717) is 33.7 Å². The van der Waals surface area contributed by atoms with E-state index >= 15 is 0 Å². The number of hydrogen-bond donors (Lipinski definition) is 1. The highest BCUT2D eigenvalue weighted by molar-refractivity contribution is 6.30. The molecular weight excluding hydrogens is 397 g/mol. The van der Waals surface area contributed by atoms with E-state index in [1.165, 1.54) is 10.6 Å². The predicted octanol–water partition coefficient (Wildman–Crippen LogP) is 5.19. The van der Waals surface area contributed by atoms with Gasteiger partial charge in [-0.3, -0.25) is 14.2 Å². The summed E-state index contributed by atoms with van der Waals surface area (Å²) >= 11 is 5.90. The number of phenolic OH excluding ortho intramolecular Hbond substituents is 1. The molecule has 7 heteroatoms. The van der Waals surface area contributed by atoms with Crippen molar-refractivity contribution >= 4 is 34.4 Å². The molecule has 2 aromatic carbocycles. The molecule has 1 atom stereocenters. The van der Waals surface area contributed by atoms with Crippen LogP contribution in [0.5, 0.6) is 5.75 Å². The van der Waals surface area contributed by atoms with Crippen LogP contribution in [0.15, 0.2) is 36.4 Å². The fourth-order valence-corrected chi connectivity index (χ4v) is 3.55. The second-order valence-corrected chi connectivity index (χ2v) is 7.29. The van der Waals surface area contributed by atoms with Gasteiger partial charge in [0.2, 0.25) is 0 Å². The molecule has 152 valence electrons. The van der Waals surface area contributed by atoms with Crippen LogP contribution < -0.4 is 0 Å². The molecule has 0 unspecified atom stereocenters. The summed E-state index contributed by atoms with van der Waals surface area (Å²) in [6, 6.07) is 8.67. The third-order valence-corrected chi connectivity index (χ3v) is 5.10. The maximum Gasteiger partial charge on any atom is 0.313 e. The Hall–Kier alpha value is -2.86. The van der Waals surface area contributed by atoms with Crippen LogP contribution in [0, 0.1) is 12.7 Å². The van der Waals surface area contributed by atoms with Crippen molar-refractivity contribution in [3.8, 4) is 5.75 Å². The molecule has 3 rings (SSSR count). The Morgan fingerprint density at radius 1 is 1.24 bits per heavy atom. The lowest BCUT2D eigenvalue weighted by molar-refractivity contribution is -0.145. The van der Waals surface area contributed by atoms with Gasteiger partial charge in [-0.2, -0.15) is 0 Å². The Balaban J connectivity index is 2.21. The largest absolute Gasteiger partial charge is 0.505 e. The Labute approximate surface area is 172 Å². The summed E-state index contributed by atoms with van der Waals surface area (Å²) in [5, 5.41) is 10.8. The molecule has 0 fully saturated rings. The van der Waals surface area contributed by atoms with Crippen molar-refractivity contribution in [2.24, 2.45) is 0 Å². The molecule has 1 N–H and O–H groups in total. The van der Waals surface area contributed by atoms with Crippen LogP contribution in [-0.2, 0) is 9.53 Å². The maximum absolute atomic E-state index is 14.1. The normalized spacial score (nSPS) is 12.2. The van der Waals surface area contributed by atoms with E-state index in [0.717, 1.165) is 6.07 Å². The number of ether oxygens (including phenoxy) is 1. The molecule has 0 amide bonds. The van der Waals surface area contributed by atoms with Crippen molar-refractivity contribution < 1.29 is 23.8 Å². The quantitative estimate of drug-likeness (QED) is 0.580. The molecule has 5 nitrogen and oxygen atoms in total. The highest BCUT2D eigenvalue weighted by Crippen LogP contribution is 2.36. The van der Waals surface area contributed by atoms with Crippen molar-refractivity contribution in [3.63, 3.8) is 0 Å². The molecule has 1 aromatic heterocycles. The van der Waals surface area contributed by atoms with Gasteiger partial charge in [-0.1, -0.05) is 18.5 Å². The van der Waals surface area contributed by atoms with Crippen LogP contribution in [-0.4, -0.2) is 28.2 Å². The minimum atomic E-state index is -0.854. The molecule has 1 heterocycles. The number of phenols is 1. The van der Waals surface area contributed by atoms with Gasteiger partial charge in [0, 0.05) is 27.7 Å². The lowest BCUT2D eigenvalue weighted by atomic mass is 9.98. The maximum atomic E-state index is 14.1. The van der Waals surface area contributed by atoms with Gasteiger partial charge in [0.05, 0.1) is 18.0 Å². The summed E-state index contributed by atoms with van der Waals surface area (Å²) in [4.78, 5) is 25.7. The zero-order valence-electron chi connectivity index (χ0n) is 16.3. The molecular formula is C22H21ClFNO4. The van der Waals surface area contributed by atoms with Gasteiger partial charge in [-0.25, -0.2) is 4.39 Å². The lowest BCUT2D eigenvalue weighted by Crippen LogP contribution is -2.17. The van der Waals surface area contributed by atoms with Gasteiger partial charge in [-0.05, 0) is 56.2 Å². The summed E-state index contributed by atoms with van der Waals surface area (Å²) < 4.78 is 20.7. The molecule has 0 spiro atoms. The van der Waals surface area contributed by atoms with E-state index in [9.17, 15) is 19.1 Å². The van der Waals surface area contributed by atoms with E-state index in [2.05, 4.69) is 0 Å². The number of carbonyl (C=O) groups is 2. The number of rotatable bonds is 5. The standard InChI is InChI=1S/C22H21ClFNO4/c1-4-9-29-22(28)12(2)20-13(3)25(18-11-17(24)19(26)10-16(18)20)21(27)14-5-7-15(23)8-6-14/h5-8,10-12,26H,4,9H2,1-3H3/t12-/m0/s1. The van der Waals surface area contributed by atoms with Gasteiger partial charge in [0.1, 0.15) is 0 Å². The molecule has 0 saturated heterocycles. The van der Waals surface area contributed by atoms with Gasteiger partial charge < -0.3 is 9.84 Å². The molecule has 0 aliphatic heterocycles. The van der Waals surface area contributed by atoms with Gasteiger partial charge in [0.25, 0.3) is 5.91 Å². The smallest absolute Gasteiger partial charge is 0.313 e. The number of hydrogen-bond acceptors (Lipinski definition) is 4. The molecule has 29 heavy (non-hydrogen) atoms. The Kier molecular flexibility index (Phi) is 5.94. The number of benzene rings is 2. The number of aromatic hydroxyl groups is 1. The van der Waals surface area contributed by atoms with Crippen LogP contribution in [0.2, 0.25) is 5.02 Å². The Morgan fingerprint density at radius 3 is 2.52 bits per heavy atom. The first kappa shape index (κ1) is 20.9. The predicted molar refractivity (Wildman–Crippen MR) is 109 cm³/mol. The number of halogens is 2. The van der Waals surface area contributed by atoms with Crippen molar-refractivity contribution in [2.45, 2.75) is 33.1 Å². The van der Waals surface area contributed by atoms with E-state index in [1.807, 2.05) is 6.92 Å².